The number of nitriles is 1. The Balaban J connectivity index is 1.33. The molecule has 1 aromatic heterocycles. The van der Waals surface area contributed by atoms with Crippen molar-refractivity contribution in [2.75, 3.05) is 36.4 Å². The van der Waals surface area contributed by atoms with Gasteiger partial charge in [-0.25, -0.2) is 14.2 Å². The molecular weight excluding hydrogens is 415 g/mol. The number of hydrogen-bond acceptors (Lipinski definition) is 6. The molecule has 1 saturated heterocycles. The van der Waals surface area contributed by atoms with Crippen molar-refractivity contribution >= 4 is 28.4 Å². The Morgan fingerprint density at radius 3 is 2.61 bits per heavy atom. The molecular formula is C22H21FN6OS. The number of halogens is 1. The van der Waals surface area contributed by atoms with Gasteiger partial charge in [-0.15, -0.1) is 0 Å². The van der Waals surface area contributed by atoms with E-state index in [0.717, 1.165) is 23.7 Å². The van der Waals surface area contributed by atoms with E-state index in [0.29, 0.717) is 43.1 Å². The van der Waals surface area contributed by atoms with Crippen LogP contribution in [0.4, 0.5) is 20.0 Å². The number of nitrogens with zero attached hydrogens (tertiary/aromatic N) is 5. The molecule has 158 valence electrons. The topological polar surface area (TPSA) is 85.2 Å². The number of anilines is 2. The molecule has 0 unspecified atom stereocenters. The molecule has 0 radical (unpaired) electrons. The molecule has 3 aromatic rings. The Kier molecular flexibility index (Phi) is 6.38. The molecule has 31 heavy (non-hydrogen) atoms. The van der Waals surface area contributed by atoms with Gasteiger partial charge in [0.2, 0.25) is 5.13 Å². The molecule has 0 spiro atoms. The number of carbonyl (C=O) groups is 1. The Hall–Kier alpha value is -3.51. The van der Waals surface area contributed by atoms with Crippen molar-refractivity contribution in [1.29, 1.82) is 5.26 Å². The summed E-state index contributed by atoms with van der Waals surface area (Å²) in [6.45, 7) is 2.70. The zero-order valence-corrected chi connectivity index (χ0v) is 17.6. The number of carbonyl (C=O) groups excluding carboxylic acids is 1. The van der Waals surface area contributed by atoms with Gasteiger partial charge in [-0.1, -0.05) is 12.1 Å². The predicted octanol–water partition coefficient (Wildman–Crippen LogP) is 3.88. The molecule has 0 bridgehead atoms. The van der Waals surface area contributed by atoms with Crippen LogP contribution in [-0.4, -0.2) is 46.5 Å². The molecule has 1 aliphatic rings. The number of urea groups is 1. The first-order valence-electron chi connectivity index (χ1n) is 9.99. The zero-order chi connectivity index (χ0) is 21.6. The summed E-state index contributed by atoms with van der Waals surface area (Å²) in [7, 11) is 0. The Morgan fingerprint density at radius 2 is 1.87 bits per heavy atom. The summed E-state index contributed by atoms with van der Waals surface area (Å²) in [5.41, 5.74) is 2.19. The normalized spacial score (nSPS) is 14.1. The second-order valence-electron chi connectivity index (χ2n) is 7.24. The third-order valence-electron chi connectivity index (χ3n) is 5.05. The summed E-state index contributed by atoms with van der Waals surface area (Å²) in [6.07, 6.45) is 1.39. The first-order chi connectivity index (χ1) is 15.1. The second-order valence-corrected chi connectivity index (χ2v) is 7.97. The number of benzene rings is 2. The van der Waals surface area contributed by atoms with Crippen LogP contribution < -0.4 is 10.2 Å². The van der Waals surface area contributed by atoms with Gasteiger partial charge in [-0.2, -0.15) is 9.64 Å². The van der Waals surface area contributed by atoms with E-state index < -0.39 is 0 Å². The Morgan fingerprint density at radius 1 is 1.10 bits per heavy atom. The predicted molar refractivity (Wildman–Crippen MR) is 118 cm³/mol. The largest absolute Gasteiger partial charge is 0.345 e. The van der Waals surface area contributed by atoms with Crippen molar-refractivity contribution in [3.63, 3.8) is 0 Å². The molecule has 1 N–H and O–H groups in total. The lowest BCUT2D eigenvalue weighted by Gasteiger charge is -2.22. The molecule has 2 heterocycles. The average Bonchev–Trinajstić information content (AvgIpc) is 3.10. The maximum Gasteiger partial charge on any atom is 0.321 e. The molecule has 0 atom stereocenters. The summed E-state index contributed by atoms with van der Waals surface area (Å²) in [5.74, 6) is 0.458. The van der Waals surface area contributed by atoms with Crippen molar-refractivity contribution in [2.24, 2.45) is 0 Å². The SMILES string of the molecule is N#Cc1ccc(NC(=O)N2CCCN(c3nc(Cc4ccc(F)cc4)ns3)CC2)cc1. The monoisotopic (exact) mass is 436 g/mol. The van der Waals surface area contributed by atoms with Crippen molar-refractivity contribution in [3.05, 3.63) is 71.3 Å². The van der Waals surface area contributed by atoms with E-state index >= 15 is 0 Å². The van der Waals surface area contributed by atoms with Gasteiger partial charge in [-0.05, 0) is 48.4 Å². The third kappa shape index (κ3) is 5.35. The molecule has 0 saturated carbocycles. The van der Waals surface area contributed by atoms with Crippen molar-refractivity contribution < 1.29 is 9.18 Å². The summed E-state index contributed by atoms with van der Waals surface area (Å²) in [4.78, 5) is 21.2. The lowest BCUT2D eigenvalue weighted by molar-refractivity contribution is 0.215. The van der Waals surface area contributed by atoms with Crippen LogP contribution in [-0.2, 0) is 6.42 Å². The number of nitrogens with one attached hydrogen (secondary N) is 1. The van der Waals surface area contributed by atoms with E-state index in [1.165, 1.54) is 23.7 Å². The van der Waals surface area contributed by atoms with Crippen LogP contribution in [0.5, 0.6) is 0 Å². The lowest BCUT2D eigenvalue weighted by Crippen LogP contribution is -2.38. The Labute approximate surface area is 183 Å². The van der Waals surface area contributed by atoms with E-state index in [4.69, 9.17) is 5.26 Å². The number of rotatable bonds is 4. The van der Waals surface area contributed by atoms with E-state index in [1.807, 2.05) is 0 Å². The third-order valence-corrected chi connectivity index (χ3v) is 5.87. The quantitative estimate of drug-likeness (QED) is 0.671. The second kappa shape index (κ2) is 9.53. The molecule has 9 heteroatoms. The molecule has 4 rings (SSSR count). The minimum atomic E-state index is -0.256. The average molecular weight is 437 g/mol. The standard InChI is InChI=1S/C22H21FN6OS/c23-18-6-2-16(3-7-18)14-20-26-22(31-27-20)29-11-1-10-28(12-13-29)21(30)25-19-8-4-17(15-24)5-9-19/h2-9H,1,10-14H2,(H,25,30). The van der Waals surface area contributed by atoms with Crippen molar-refractivity contribution in [3.8, 4) is 6.07 Å². The van der Waals surface area contributed by atoms with E-state index in [2.05, 4.69) is 25.6 Å². The van der Waals surface area contributed by atoms with Gasteiger partial charge in [0.1, 0.15) is 11.6 Å². The van der Waals surface area contributed by atoms with Gasteiger partial charge in [0.25, 0.3) is 0 Å². The van der Waals surface area contributed by atoms with Crippen molar-refractivity contribution in [2.45, 2.75) is 12.8 Å². The fraction of sp³-hybridized carbons (Fsp3) is 0.273. The number of aromatic nitrogens is 2. The molecule has 1 aliphatic heterocycles. The van der Waals surface area contributed by atoms with Crippen LogP contribution in [0.15, 0.2) is 48.5 Å². The molecule has 2 aromatic carbocycles. The highest BCUT2D eigenvalue weighted by atomic mass is 32.1. The van der Waals surface area contributed by atoms with Gasteiger partial charge in [0.15, 0.2) is 0 Å². The molecule has 2 amide bonds. The highest BCUT2D eigenvalue weighted by molar-refractivity contribution is 7.09. The molecule has 7 nitrogen and oxygen atoms in total. The van der Waals surface area contributed by atoms with Crippen LogP contribution in [0, 0.1) is 17.1 Å². The summed E-state index contributed by atoms with van der Waals surface area (Å²) in [5, 5.41) is 12.6. The summed E-state index contributed by atoms with van der Waals surface area (Å²) >= 11 is 1.35. The van der Waals surface area contributed by atoms with Crippen molar-refractivity contribution in [1.82, 2.24) is 14.3 Å². The maximum absolute atomic E-state index is 13.1. The minimum Gasteiger partial charge on any atom is -0.345 e. The first kappa shape index (κ1) is 20.8. The van der Waals surface area contributed by atoms with Gasteiger partial charge in [-0.3, -0.25) is 0 Å². The van der Waals surface area contributed by atoms with E-state index in [-0.39, 0.29) is 11.8 Å². The van der Waals surface area contributed by atoms with Crippen LogP contribution in [0.25, 0.3) is 0 Å². The fourth-order valence-corrected chi connectivity index (χ4v) is 4.11. The maximum atomic E-state index is 13.1. The fourth-order valence-electron chi connectivity index (χ4n) is 3.37. The lowest BCUT2D eigenvalue weighted by atomic mass is 10.1. The van der Waals surface area contributed by atoms with E-state index in [9.17, 15) is 9.18 Å². The van der Waals surface area contributed by atoms with Crippen LogP contribution in [0.2, 0.25) is 0 Å². The first-order valence-corrected chi connectivity index (χ1v) is 10.8. The van der Waals surface area contributed by atoms with Crippen LogP contribution in [0.1, 0.15) is 23.4 Å². The summed E-state index contributed by atoms with van der Waals surface area (Å²) < 4.78 is 17.5. The van der Waals surface area contributed by atoms with Gasteiger partial charge in [0.05, 0.1) is 11.6 Å². The number of amides is 2. The molecule has 1 fully saturated rings. The van der Waals surface area contributed by atoms with Gasteiger partial charge < -0.3 is 15.1 Å². The van der Waals surface area contributed by atoms with Gasteiger partial charge >= 0.3 is 6.03 Å². The summed E-state index contributed by atoms with van der Waals surface area (Å²) in [6, 6.07) is 15.1. The van der Waals surface area contributed by atoms with E-state index in [1.54, 1.807) is 41.3 Å². The van der Waals surface area contributed by atoms with Crippen LogP contribution in [0.3, 0.4) is 0 Å². The van der Waals surface area contributed by atoms with Gasteiger partial charge in [0, 0.05) is 49.8 Å². The minimum absolute atomic E-state index is 0.152. The highest BCUT2D eigenvalue weighted by Gasteiger charge is 2.21. The van der Waals surface area contributed by atoms with Crippen LogP contribution >= 0.6 is 11.5 Å². The highest BCUT2D eigenvalue weighted by Crippen LogP contribution is 2.21. The molecule has 0 aliphatic carbocycles. The Bertz CT molecular complexity index is 1080. The smallest absolute Gasteiger partial charge is 0.321 e. The zero-order valence-electron chi connectivity index (χ0n) is 16.8. The number of hydrogen-bond donors (Lipinski definition) is 1.